The van der Waals surface area contributed by atoms with E-state index in [0.717, 1.165) is 12.3 Å². The normalized spacial score (nSPS) is 26.0. The number of esters is 1. The van der Waals surface area contributed by atoms with E-state index in [1.807, 2.05) is 16.8 Å². The molecule has 2 aromatic rings. The monoisotopic (exact) mass is 570 g/mol. The Balaban J connectivity index is 2.01. The number of aliphatic hydroxyl groups excluding tert-OH is 1. The van der Waals surface area contributed by atoms with E-state index in [0.29, 0.717) is 4.57 Å². The molecule has 1 aliphatic heterocycles. The van der Waals surface area contributed by atoms with Crippen LogP contribution in [0.4, 0.5) is 4.39 Å². The summed E-state index contributed by atoms with van der Waals surface area (Å²) >= 11 is 0. The predicted octanol–water partition coefficient (Wildman–Crippen LogP) is 1.38. The first-order valence-corrected chi connectivity index (χ1v) is 13.5. The summed E-state index contributed by atoms with van der Waals surface area (Å²) < 4.78 is 66.1. The van der Waals surface area contributed by atoms with Gasteiger partial charge in [-0.15, -0.1) is 0 Å². The van der Waals surface area contributed by atoms with E-state index in [4.69, 9.17) is 21.3 Å². The number of para-hydroxylation sites is 1. The molecular weight excluding hydrogens is 538 g/mol. The lowest BCUT2D eigenvalue weighted by Gasteiger charge is -2.26. The Hall–Kier alpha value is -3.27. The highest BCUT2D eigenvalue weighted by atomic mass is 31.2. The Kier molecular flexibility index (Phi) is 8.91. The van der Waals surface area contributed by atoms with Gasteiger partial charge in [0.2, 0.25) is 0 Å². The minimum atomic E-state index is -4.63. The van der Waals surface area contributed by atoms with Crippen molar-refractivity contribution in [1.29, 1.82) is 0 Å². The molecule has 6 atom stereocenters. The van der Waals surface area contributed by atoms with Gasteiger partial charge < -0.3 is 24.2 Å². The fraction of sp³-hybridized carbons (Fsp3) is 0.480. The van der Waals surface area contributed by atoms with E-state index < -0.39 is 80.3 Å². The number of nitrogens with zero attached hydrogens (tertiary/aromatic N) is 1. The first kappa shape index (κ1) is 27.3. The maximum atomic E-state index is 14.0. The van der Waals surface area contributed by atoms with Crippen molar-refractivity contribution in [3.63, 3.8) is 0 Å². The van der Waals surface area contributed by atoms with Crippen LogP contribution in [0.15, 0.2) is 52.2 Å². The van der Waals surface area contributed by atoms with Crippen LogP contribution in [0.1, 0.15) is 29.7 Å². The van der Waals surface area contributed by atoms with Gasteiger partial charge in [0.1, 0.15) is 24.6 Å². The molecule has 39 heavy (non-hydrogen) atoms. The maximum Gasteiger partial charge on any atom is 0.380 e. The third-order valence-electron chi connectivity index (χ3n) is 5.40. The molecule has 0 spiro atoms. The summed E-state index contributed by atoms with van der Waals surface area (Å²) in [6.45, 7) is 0.0685. The van der Waals surface area contributed by atoms with Crippen LogP contribution in [-0.2, 0) is 23.4 Å². The molecule has 12 nitrogen and oxygen atoms in total. The number of nitrogens with one attached hydrogen (secondary N) is 1. The molecule has 0 radical (unpaired) electrons. The number of aromatic amines is 1. The van der Waals surface area contributed by atoms with Crippen LogP contribution in [0, 0.1) is 17.8 Å². The van der Waals surface area contributed by atoms with Crippen molar-refractivity contribution in [2.24, 2.45) is 5.92 Å². The molecule has 0 amide bonds. The third-order valence-corrected chi connectivity index (χ3v) is 7.26. The van der Waals surface area contributed by atoms with E-state index in [-0.39, 0.29) is 5.75 Å². The Labute approximate surface area is 226 Å². The third kappa shape index (κ3) is 7.44. The number of aromatic nitrogens is 2. The van der Waals surface area contributed by atoms with Crippen LogP contribution in [0.2, 0.25) is 0 Å². The number of benzene rings is 1. The molecule has 2 heterocycles. The van der Waals surface area contributed by atoms with Crippen molar-refractivity contribution in [2.45, 2.75) is 50.9 Å². The van der Waals surface area contributed by atoms with Crippen LogP contribution in [0.25, 0.3) is 0 Å². The molecule has 3 rings (SSSR count). The second-order valence-electron chi connectivity index (χ2n) is 8.93. The first-order chi connectivity index (χ1) is 19.1. The molecule has 212 valence electrons. The average Bonchev–Trinajstić information content (AvgIpc) is 3.13. The molecule has 0 saturated carbocycles. The van der Waals surface area contributed by atoms with Crippen molar-refractivity contribution in [3.8, 4) is 17.6 Å². The van der Waals surface area contributed by atoms with Crippen molar-refractivity contribution in [1.82, 2.24) is 9.55 Å². The van der Waals surface area contributed by atoms with Crippen LogP contribution in [-0.4, -0.2) is 69.0 Å². The van der Waals surface area contributed by atoms with Crippen LogP contribution >= 0.6 is 7.60 Å². The topological polar surface area (TPSA) is 166 Å². The van der Waals surface area contributed by atoms with Crippen molar-refractivity contribution >= 4 is 13.6 Å². The second kappa shape index (κ2) is 12.7. The number of carbonyl (C=O) groups is 1. The average molecular weight is 571 g/mol. The number of aliphatic hydroxyl groups is 2. The van der Waals surface area contributed by atoms with Gasteiger partial charge in [-0.1, -0.05) is 37.0 Å². The molecule has 1 aromatic heterocycles. The van der Waals surface area contributed by atoms with Gasteiger partial charge >= 0.3 is 19.3 Å². The number of carbonyl (C=O) groups excluding carboxylic acids is 1. The van der Waals surface area contributed by atoms with Crippen molar-refractivity contribution in [3.05, 3.63) is 63.4 Å². The largest absolute Gasteiger partial charge is 0.463 e. The zero-order valence-corrected chi connectivity index (χ0v) is 22.2. The standard InChI is InChI=1S/C25H30FN2O10P/c1-16(2)36-22(31)17(3)15-39(34,38-18-8-5-4-6-9-18)35-14-19-21(30)25(33,11-7-12-26)23(37-19)28-13-10-20(29)27-24(28)32/h4-6,8-10,13,16-17,19,21,23,30,33H,12,14-15H2,1-3H3,(H,27,29,32)/t17-,19-,21+,23-,25?,39+/m1/s1/i14D2. The Bertz CT molecular complexity index is 1460. The molecule has 3 N–H and O–H groups in total. The summed E-state index contributed by atoms with van der Waals surface area (Å²) in [5.41, 5.74) is -4.72. The van der Waals surface area contributed by atoms with Gasteiger partial charge in [-0.2, -0.15) is 0 Å². The zero-order chi connectivity index (χ0) is 30.6. The van der Waals surface area contributed by atoms with E-state index in [1.54, 1.807) is 32.0 Å². The number of hydrogen-bond donors (Lipinski definition) is 3. The van der Waals surface area contributed by atoms with Crippen LogP contribution in [0.5, 0.6) is 5.75 Å². The highest BCUT2D eigenvalue weighted by Crippen LogP contribution is 2.51. The van der Waals surface area contributed by atoms with E-state index >= 15 is 0 Å². The number of ether oxygens (including phenoxy) is 2. The van der Waals surface area contributed by atoms with Gasteiger partial charge in [0.25, 0.3) is 5.56 Å². The first-order valence-electron chi connectivity index (χ1n) is 12.8. The fourth-order valence-electron chi connectivity index (χ4n) is 3.61. The predicted molar refractivity (Wildman–Crippen MR) is 136 cm³/mol. The summed E-state index contributed by atoms with van der Waals surface area (Å²) in [5.74, 6) is 2.10. The van der Waals surface area contributed by atoms with Gasteiger partial charge in [0, 0.05) is 12.3 Å². The highest BCUT2D eigenvalue weighted by Gasteiger charge is 2.56. The van der Waals surface area contributed by atoms with Gasteiger partial charge in [-0.25, -0.2) is 13.8 Å². The van der Waals surface area contributed by atoms with Crippen LogP contribution in [0.3, 0.4) is 0 Å². The van der Waals surface area contributed by atoms with E-state index in [2.05, 4.69) is 0 Å². The summed E-state index contributed by atoms with van der Waals surface area (Å²) in [5, 5.41) is 22.2. The fourth-order valence-corrected chi connectivity index (χ4v) is 5.33. The minimum absolute atomic E-state index is 0.00642. The summed E-state index contributed by atoms with van der Waals surface area (Å²) in [7, 11) is -4.63. The molecule has 0 aliphatic carbocycles. The second-order valence-corrected chi connectivity index (χ2v) is 10.9. The highest BCUT2D eigenvalue weighted by molar-refractivity contribution is 7.54. The smallest absolute Gasteiger partial charge is 0.380 e. The molecular formula is C25H30FN2O10P. The summed E-state index contributed by atoms with van der Waals surface area (Å²) in [4.78, 5) is 38.3. The number of halogens is 1. The molecule has 0 bridgehead atoms. The van der Waals surface area contributed by atoms with E-state index in [1.165, 1.54) is 19.1 Å². The minimum Gasteiger partial charge on any atom is -0.463 e. The molecule has 1 fully saturated rings. The molecule has 1 aromatic carbocycles. The van der Waals surface area contributed by atoms with Gasteiger partial charge in [-0.05, 0) is 26.0 Å². The Morgan fingerprint density at radius 1 is 1.31 bits per heavy atom. The number of rotatable bonds is 10. The van der Waals surface area contributed by atoms with Gasteiger partial charge in [-0.3, -0.25) is 23.7 Å². The Morgan fingerprint density at radius 2 is 2.00 bits per heavy atom. The molecule has 1 aliphatic rings. The lowest BCUT2D eigenvalue weighted by molar-refractivity contribution is -0.151. The maximum absolute atomic E-state index is 14.0. The number of alkyl halides is 1. The van der Waals surface area contributed by atoms with Crippen LogP contribution < -0.4 is 15.8 Å². The zero-order valence-electron chi connectivity index (χ0n) is 23.3. The number of H-pyrrole nitrogens is 1. The number of hydrogen-bond acceptors (Lipinski definition) is 10. The van der Waals surface area contributed by atoms with Gasteiger partial charge in [0.15, 0.2) is 11.8 Å². The summed E-state index contributed by atoms with van der Waals surface area (Å²) in [6, 6.07) is 8.44. The van der Waals surface area contributed by atoms with Gasteiger partial charge in [0.05, 0.1) is 27.5 Å². The SMILES string of the molecule is [2H]C([2H])(O[P@@](=O)(C[C@@H](C)C(=O)OC(C)C)Oc1ccccc1)[C@H]1O[C@@H](n2ccc(=O)[nH]c2=O)C(O)(C#CCF)[C@H]1O. The molecule has 14 heteroatoms. The van der Waals surface area contributed by atoms with Crippen molar-refractivity contribution < 1.29 is 45.2 Å². The molecule has 1 unspecified atom stereocenters. The lowest BCUT2D eigenvalue weighted by Crippen LogP contribution is -2.48. The lowest BCUT2D eigenvalue weighted by atomic mass is 9.94. The summed E-state index contributed by atoms with van der Waals surface area (Å²) in [6.07, 6.45) is -6.75. The Morgan fingerprint density at radius 3 is 2.62 bits per heavy atom. The molecule has 1 saturated heterocycles. The van der Waals surface area contributed by atoms with E-state index in [9.17, 15) is 33.6 Å². The quantitative estimate of drug-likeness (QED) is 0.216. The van der Waals surface area contributed by atoms with Crippen molar-refractivity contribution in [2.75, 3.05) is 19.4 Å².